The predicted molar refractivity (Wildman–Crippen MR) is 116 cm³/mol. The van der Waals surface area contributed by atoms with Crippen molar-refractivity contribution in [3.8, 4) is 17.3 Å². The van der Waals surface area contributed by atoms with E-state index in [1.54, 1.807) is 17.0 Å². The molecule has 2 N–H and O–H groups in total. The fourth-order valence-electron chi connectivity index (χ4n) is 3.81. The number of hydrogen-bond acceptors (Lipinski definition) is 4. The first-order chi connectivity index (χ1) is 15.0. The molecule has 0 spiro atoms. The molecule has 0 saturated heterocycles. The van der Waals surface area contributed by atoms with Gasteiger partial charge in [-0.15, -0.1) is 0 Å². The Bertz CT molecular complexity index is 1380. The van der Waals surface area contributed by atoms with Gasteiger partial charge >= 0.3 is 6.18 Å². The third-order valence-corrected chi connectivity index (χ3v) is 7.51. The van der Waals surface area contributed by atoms with E-state index in [9.17, 15) is 26.9 Å². The van der Waals surface area contributed by atoms with Crippen LogP contribution in [0, 0.1) is 16.0 Å². The topological polar surface area (TPSA) is 90.7 Å². The lowest BCUT2D eigenvalue weighted by Gasteiger charge is -2.30. The minimum atomic E-state index is -4.70. The van der Waals surface area contributed by atoms with Crippen molar-refractivity contribution in [2.24, 2.45) is 0 Å². The van der Waals surface area contributed by atoms with Crippen LogP contribution in [-0.2, 0) is 10.0 Å². The standard InChI is InChI=1S/C21H19F3N4O2S2/c1-12(21(22,23)24)27-32(29,30)15-7-5-13(6-8-15)20-17(10-25)16-9-19(31)26-11-18(16)28(20)14-3-2-4-14/h5-9,11-12,14,27H,2-4H2,1H3,(H,26,31)/t12-/m0/s1. The number of rotatable bonds is 5. The van der Waals surface area contributed by atoms with E-state index >= 15 is 0 Å². The largest absolute Gasteiger partial charge is 0.404 e. The Kier molecular flexibility index (Phi) is 5.65. The molecular formula is C21H19F3N4O2S2. The van der Waals surface area contributed by atoms with Crippen LogP contribution in [0.15, 0.2) is 41.4 Å². The molecule has 0 aliphatic heterocycles. The Labute approximate surface area is 187 Å². The molecule has 1 aliphatic carbocycles. The average molecular weight is 481 g/mol. The summed E-state index contributed by atoms with van der Waals surface area (Å²) in [6, 6.07) is 7.44. The van der Waals surface area contributed by atoms with Gasteiger partial charge in [0.05, 0.1) is 21.7 Å². The summed E-state index contributed by atoms with van der Waals surface area (Å²) in [7, 11) is -4.37. The molecule has 0 bridgehead atoms. The van der Waals surface area contributed by atoms with Crippen LogP contribution >= 0.6 is 12.2 Å². The van der Waals surface area contributed by atoms with E-state index in [-0.39, 0.29) is 10.9 Å². The molecule has 0 unspecified atom stereocenters. The van der Waals surface area contributed by atoms with Crippen LogP contribution in [0.25, 0.3) is 22.2 Å². The van der Waals surface area contributed by atoms with Gasteiger partial charge < -0.3 is 9.55 Å². The van der Waals surface area contributed by atoms with Crippen LogP contribution < -0.4 is 4.72 Å². The highest BCUT2D eigenvalue weighted by Gasteiger charge is 2.39. The van der Waals surface area contributed by atoms with E-state index < -0.39 is 22.2 Å². The summed E-state index contributed by atoms with van der Waals surface area (Å²) in [4.78, 5) is 2.71. The predicted octanol–water partition coefficient (Wildman–Crippen LogP) is 5.19. The number of pyridine rings is 1. The Morgan fingerprint density at radius 3 is 2.47 bits per heavy atom. The minimum absolute atomic E-state index is 0.191. The van der Waals surface area contributed by atoms with Gasteiger partial charge in [-0.2, -0.15) is 23.2 Å². The number of fused-ring (bicyclic) bond motifs is 1. The van der Waals surface area contributed by atoms with Crippen LogP contribution in [0.2, 0.25) is 0 Å². The maximum absolute atomic E-state index is 12.8. The molecule has 6 nitrogen and oxygen atoms in total. The molecule has 4 rings (SSSR count). The van der Waals surface area contributed by atoms with Crippen LogP contribution in [0.4, 0.5) is 13.2 Å². The smallest absolute Gasteiger partial charge is 0.351 e. The summed E-state index contributed by atoms with van der Waals surface area (Å²) in [6.45, 7) is 0.743. The Morgan fingerprint density at radius 1 is 1.28 bits per heavy atom. The number of aromatic nitrogens is 2. The van der Waals surface area contributed by atoms with Gasteiger partial charge in [0.2, 0.25) is 10.0 Å². The van der Waals surface area contributed by atoms with Crippen molar-refractivity contribution in [1.82, 2.24) is 14.3 Å². The summed E-state index contributed by atoms with van der Waals surface area (Å²) in [6.07, 6.45) is 0.0291. The van der Waals surface area contributed by atoms with E-state index in [1.807, 2.05) is 0 Å². The molecule has 2 heterocycles. The van der Waals surface area contributed by atoms with Gasteiger partial charge in [-0.1, -0.05) is 24.4 Å². The number of nitriles is 1. The monoisotopic (exact) mass is 480 g/mol. The third kappa shape index (κ3) is 3.94. The summed E-state index contributed by atoms with van der Waals surface area (Å²) < 4.78 is 67.3. The van der Waals surface area contributed by atoms with Crippen molar-refractivity contribution in [2.45, 2.75) is 49.3 Å². The van der Waals surface area contributed by atoms with Crippen molar-refractivity contribution in [2.75, 3.05) is 0 Å². The second kappa shape index (κ2) is 8.03. The Balaban J connectivity index is 1.81. The maximum Gasteiger partial charge on any atom is 0.404 e. The van der Waals surface area contributed by atoms with Gasteiger partial charge in [-0.25, -0.2) is 8.42 Å². The second-order valence-electron chi connectivity index (χ2n) is 7.80. The number of alkyl halides is 3. The SMILES string of the molecule is C[C@H](NS(=O)(=O)c1ccc(-c2c(C#N)c3cc(=S)[nH]cc3n2C2CCC2)cc1)C(F)(F)F. The number of nitrogens with zero attached hydrogens (tertiary/aromatic N) is 2. The minimum Gasteiger partial charge on any atom is -0.351 e. The van der Waals surface area contributed by atoms with Gasteiger partial charge in [0, 0.05) is 17.6 Å². The van der Waals surface area contributed by atoms with Gasteiger partial charge in [0.1, 0.15) is 16.8 Å². The number of aromatic amines is 1. The molecule has 2 aromatic heterocycles. The van der Waals surface area contributed by atoms with Gasteiger partial charge in [-0.05, 0) is 49.9 Å². The first-order valence-electron chi connectivity index (χ1n) is 9.89. The van der Waals surface area contributed by atoms with Crippen molar-refractivity contribution in [3.05, 3.63) is 46.7 Å². The van der Waals surface area contributed by atoms with E-state index in [1.165, 1.54) is 24.3 Å². The van der Waals surface area contributed by atoms with E-state index in [4.69, 9.17) is 12.2 Å². The molecule has 1 aliphatic rings. The number of halogens is 3. The molecule has 1 saturated carbocycles. The fraction of sp³-hybridized carbons (Fsp3) is 0.333. The summed E-state index contributed by atoms with van der Waals surface area (Å²) in [5.74, 6) is 0. The molecule has 168 valence electrons. The van der Waals surface area contributed by atoms with E-state index in [0.717, 1.165) is 31.7 Å². The Hall–Kier alpha value is -2.68. The van der Waals surface area contributed by atoms with Crippen LogP contribution in [0.3, 0.4) is 0 Å². The zero-order chi connectivity index (χ0) is 23.3. The normalized spacial score (nSPS) is 16.0. The van der Waals surface area contributed by atoms with Crippen LogP contribution in [0.1, 0.15) is 37.8 Å². The fourth-order valence-corrected chi connectivity index (χ4v) is 5.22. The number of sulfonamides is 1. The van der Waals surface area contributed by atoms with E-state index in [2.05, 4.69) is 15.6 Å². The average Bonchev–Trinajstić information content (AvgIpc) is 2.99. The first kappa shape index (κ1) is 22.5. The van der Waals surface area contributed by atoms with Crippen molar-refractivity contribution >= 4 is 33.1 Å². The van der Waals surface area contributed by atoms with Crippen molar-refractivity contribution in [3.63, 3.8) is 0 Å². The van der Waals surface area contributed by atoms with Crippen molar-refractivity contribution in [1.29, 1.82) is 5.26 Å². The zero-order valence-corrected chi connectivity index (χ0v) is 18.5. The highest BCUT2D eigenvalue weighted by molar-refractivity contribution is 7.89. The quantitative estimate of drug-likeness (QED) is 0.492. The van der Waals surface area contributed by atoms with Gasteiger partial charge in [0.15, 0.2) is 0 Å². The maximum atomic E-state index is 12.8. The Morgan fingerprint density at radius 2 is 1.94 bits per heavy atom. The number of H-pyrrole nitrogens is 1. The molecule has 3 aromatic rings. The molecule has 1 aromatic carbocycles. The van der Waals surface area contributed by atoms with Gasteiger partial charge in [-0.3, -0.25) is 0 Å². The lowest BCUT2D eigenvalue weighted by molar-refractivity contribution is -0.147. The molecule has 1 atom stereocenters. The molecule has 0 amide bonds. The second-order valence-corrected chi connectivity index (χ2v) is 9.95. The van der Waals surface area contributed by atoms with Crippen LogP contribution in [0.5, 0.6) is 0 Å². The zero-order valence-electron chi connectivity index (χ0n) is 16.9. The summed E-state index contributed by atoms with van der Waals surface area (Å²) >= 11 is 5.21. The number of nitrogens with one attached hydrogen (secondary N) is 2. The summed E-state index contributed by atoms with van der Waals surface area (Å²) in [5, 5.41) is 10.6. The number of benzene rings is 1. The molecule has 32 heavy (non-hydrogen) atoms. The number of hydrogen-bond donors (Lipinski definition) is 2. The lowest BCUT2D eigenvalue weighted by atomic mass is 9.92. The highest BCUT2D eigenvalue weighted by atomic mass is 32.2. The third-order valence-electron chi connectivity index (χ3n) is 5.72. The molecular weight excluding hydrogens is 461 g/mol. The lowest BCUT2D eigenvalue weighted by Crippen LogP contribution is -2.42. The van der Waals surface area contributed by atoms with E-state index in [0.29, 0.717) is 26.8 Å². The van der Waals surface area contributed by atoms with Crippen LogP contribution in [-0.4, -0.2) is 30.2 Å². The first-order valence-corrected chi connectivity index (χ1v) is 11.8. The van der Waals surface area contributed by atoms with Gasteiger partial charge in [0.25, 0.3) is 0 Å². The molecule has 0 radical (unpaired) electrons. The molecule has 11 heteroatoms. The summed E-state index contributed by atoms with van der Waals surface area (Å²) in [5.41, 5.74) is 2.48. The molecule has 1 fully saturated rings. The van der Waals surface area contributed by atoms with Crippen molar-refractivity contribution < 1.29 is 21.6 Å². The highest BCUT2D eigenvalue weighted by Crippen LogP contribution is 2.42.